The summed E-state index contributed by atoms with van der Waals surface area (Å²) < 4.78 is 0. The largest absolute Gasteiger partial charge is 0.372 e. The standard InChI is InChI=1S/C24H31N3O/c28-24-9-2-5-16-27(24)23-8-6-7-21(17-23)19-25-18-20-10-12-22(13-11-20)26-14-3-1-4-15-26/h6-8,10-13,17,25H,1-5,9,14-16,18-19H2. The lowest BCUT2D eigenvalue weighted by Crippen LogP contribution is -2.35. The average molecular weight is 378 g/mol. The maximum Gasteiger partial charge on any atom is 0.226 e. The Morgan fingerprint density at radius 1 is 0.750 bits per heavy atom. The third-order valence-electron chi connectivity index (χ3n) is 5.86. The molecule has 4 rings (SSSR count). The zero-order valence-corrected chi connectivity index (χ0v) is 16.7. The Balaban J connectivity index is 1.30. The number of benzene rings is 2. The van der Waals surface area contributed by atoms with Gasteiger partial charge >= 0.3 is 0 Å². The van der Waals surface area contributed by atoms with Crippen LogP contribution in [0.1, 0.15) is 49.7 Å². The van der Waals surface area contributed by atoms with E-state index in [1.807, 2.05) is 11.0 Å². The van der Waals surface area contributed by atoms with Gasteiger partial charge in [0.25, 0.3) is 0 Å². The maximum absolute atomic E-state index is 12.2. The smallest absolute Gasteiger partial charge is 0.226 e. The number of carbonyl (C=O) groups is 1. The Bertz CT molecular complexity index is 781. The van der Waals surface area contributed by atoms with Gasteiger partial charge in [0, 0.05) is 50.5 Å². The van der Waals surface area contributed by atoms with Crippen LogP contribution in [0.25, 0.3) is 0 Å². The molecule has 0 atom stereocenters. The van der Waals surface area contributed by atoms with Gasteiger partial charge in [-0.05, 0) is 67.5 Å². The number of piperidine rings is 2. The van der Waals surface area contributed by atoms with E-state index in [1.54, 1.807) is 0 Å². The predicted molar refractivity (Wildman–Crippen MR) is 116 cm³/mol. The van der Waals surface area contributed by atoms with Gasteiger partial charge in [-0.3, -0.25) is 4.79 Å². The van der Waals surface area contributed by atoms with Gasteiger partial charge in [-0.15, -0.1) is 0 Å². The summed E-state index contributed by atoms with van der Waals surface area (Å²) in [4.78, 5) is 16.6. The van der Waals surface area contributed by atoms with Crippen molar-refractivity contribution in [2.45, 2.75) is 51.6 Å². The molecule has 2 heterocycles. The molecule has 4 heteroatoms. The summed E-state index contributed by atoms with van der Waals surface area (Å²) in [5.74, 6) is 0.255. The topological polar surface area (TPSA) is 35.6 Å². The van der Waals surface area contributed by atoms with E-state index in [-0.39, 0.29) is 5.91 Å². The third-order valence-corrected chi connectivity index (χ3v) is 5.86. The van der Waals surface area contributed by atoms with Crippen molar-refractivity contribution in [3.8, 4) is 0 Å². The third kappa shape index (κ3) is 4.74. The molecule has 1 N–H and O–H groups in total. The van der Waals surface area contributed by atoms with Gasteiger partial charge in [0.15, 0.2) is 0 Å². The molecule has 0 radical (unpaired) electrons. The van der Waals surface area contributed by atoms with E-state index in [0.29, 0.717) is 6.42 Å². The lowest BCUT2D eigenvalue weighted by Gasteiger charge is -2.28. The van der Waals surface area contributed by atoms with Gasteiger partial charge in [-0.25, -0.2) is 0 Å². The van der Waals surface area contributed by atoms with Crippen LogP contribution in [-0.2, 0) is 17.9 Å². The molecule has 0 bridgehead atoms. The first kappa shape index (κ1) is 19.0. The minimum absolute atomic E-state index is 0.255. The minimum Gasteiger partial charge on any atom is -0.372 e. The summed E-state index contributed by atoms with van der Waals surface area (Å²) in [5, 5.41) is 3.54. The van der Waals surface area contributed by atoms with Crippen molar-refractivity contribution in [3.05, 3.63) is 59.7 Å². The molecule has 28 heavy (non-hydrogen) atoms. The first-order chi connectivity index (χ1) is 13.8. The Morgan fingerprint density at radius 3 is 2.29 bits per heavy atom. The molecule has 2 fully saturated rings. The second kappa shape index (κ2) is 9.24. The number of nitrogens with zero attached hydrogens (tertiary/aromatic N) is 2. The number of nitrogens with one attached hydrogen (secondary N) is 1. The maximum atomic E-state index is 12.2. The van der Waals surface area contributed by atoms with Crippen LogP contribution in [0.3, 0.4) is 0 Å². The van der Waals surface area contributed by atoms with Crippen LogP contribution in [0.2, 0.25) is 0 Å². The summed E-state index contributed by atoms with van der Waals surface area (Å²) in [5.41, 5.74) is 4.92. The fourth-order valence-corrected chi connectivity index (χ4v) is 4.24. The lowest BCUT2D eigenvalue weighted by molar-refractivity contribution is -0.119. The molecule has 2 aromatic carbocycles. The van der Waals surface area contributed by atoms with E-state index in [1.165, 1.54) is 49.2 Å². The van der Waals surface area contributed by atoms with Crippen LogP contribution in [-0.4, -0.2) is 25.5 Å². The van der Waals surface area contributed by atoms with Gasteiger partial charge in [-0.2, -0.15) is 0 Å². The van der Waals surface area contributed by atoms with Crippen molar-refractivity contribution in [1.82, 2.24) is 5.32 Å². The lowest BCUT2D eigenvalue weighted by atomic mass is 10.1. The van der Waals surface area contributed by atoms with E-state index in [9.17, 15) is 4.79 Å². The van der Waals surface area contributed by atoms with E-state index < -0.39 is 0 Å². The number of anilines is 2. The summed E-state index contributed by atoms with van der Waals surface area (Å²) >= 11 is 0. The molecule has 0 aromatic heterocycles. The van der Waals surface area contributed by atoms with Crippen LogP contribution >= 0.6 is 0 Å². The van der Waals surface area contributed by atoms with Crippen LogP contribution in [0.15, 0.2) is 48.5 Å². The average Bonchev–Trinajstić information content (AvgIpc) is 2.75. The summed E-state index contributed by atoms with van der Waals surface area (Å²) in [6.45, 7) is 4.89. The number of hydrogen-bond acceptors (Lipinski definition) is 3. The molecule has 2 saturated heterocycles. The van der Waals surface area contributed by atoms with Crippen LogP contribution in [0, 0.1) is 0 Å². The first-order valence-corrected chi connectivity index (χ1v) is 10.7. The fraction of sp³-hybridized carbons (Fsp3) is 0.458. The Hall–Kier alpha value is -2.33. The highest BCUT2D eigenvalue weighted by atomic mass is 16.2. The fourth-order valence-electron chi connectivity index (χ4n) is 4.24. The molecule has 2 aliphatic heterocycles. The monoisotopic (exact) mass is 377 g/mol. The van der Waals surface area contributed by atoms with E-state index in [2.05, 4.69) is 52.7 Å². The summed E-state index contributed by atoms with van der Waals surface area (Å²) in [6, 6.07) is 17.4. The van der Waals surface area contributed by atoms with Gasteiger partial charge in [0.2, 0.25) is 5.91 Å². The van der Waals surface area contributed by atoms with Gasteiger partial charge in [0.05, 0.1) is 0 Å². The Kier molecular flexibility index (Phi) is 6.27. The molecule has 4 nitrogen and oxygen atoms in total. The molecule has 0 spiro atoms. The van der Waals surface area contributed by atoms with E-state index >= 15 is 0 Å². The zero-order chi connectivity index (χ0) is 19.2. The Labute approximate surface area is 168 Å². The number of amides is 1. The number of hydrogen-bond donors (Lipinski definition) is 1. The van der Waals surface area contributed by atoms with Crippen molar-refractivity contribution >= 4 is 17.3 Å². The highest BCUT2D eigenvalue weighted by Gasteiger charge is 2.19. The summed E-state index contributed by atoms with van der Waals surface area (Å²) in [7, 11) is 0. The van der Waals surface area contributed by atoms with Crippen molar-refractivity contribution in [2.24, 2.45) is 0 Å². The van der Waals surface area contributed by atoms with Gasteiger partial charge in [0.1, 0.15) is 0 Å². The Morgan fingerprint density at radius 2 is 1.50 bits per heavy atom. The van der Waals surface area contributed by atoms with E-state index in [0.717, 1.165) is 38.2 Å². The molecular formula is C24H31N3O. The van der Waals surface area contributed by atoms with Crippen molar-refractivity contribution in [2.75, 3.05) is 29.4 Å². The molecular weight excluding hydrogens is 346 g/mol. The first-order valence-electron chi connectivity index (χ1n) is 10.7. The quantitative estimate of drug-likeness (QED) is 0.806. The molecule has 1 amide bonds. The molecule has 148 valence electrons. The molecule has 2 aliphatic rings. The second-order valence-corrected chi connectivity index (χ2v) is 7.99. The second-order valence-electron chi connectivity index (χ2n) is 7.99. The highest BCUT2D eigenvalue weighted by Crippen LogP contribution is 2.22. The van der Waals surface area contributed by atoms with Crippen LogP contribution in [0.4, 0.5) is 11.4 Å². The minimum atomic E-state index is 0.255. The molecule has 0 saturated carbocycles. The van der Waals surface area contributed by atoms with Crippen molar-refractivity contribution in [1.29, 1.82) is 0 Å². The molecule has 0 aliphatic carbocycles. The highest BCUT2D eigenvalue weighted by molar-refractivity contribution is 5.94. The number of rotatable bonds is 6. The normalized spacial score (nSPS) is 17.8. The van der Waals surface area contributed by atoms with Crippen LogP contribution in [0.5, 0.6) is 0 Å². The SMILES string of the molecule is O=C1CCCCN1c1cccc(CNCc2ccc(N3CCCCC3)cc2)c1. The number of carbonyl (C=O) groups excluding carboxylic acids is 1. The van der Waals surface area contributed by atoms with Crippen molar-refractivity contribution in [3.63, 3.8) is 0 Å². The van der Waals surface area contributed by atoms with Crippen molar-refractivity contribution < 1.29 is 4.79 Å². The van der Waals surface area contributed by atoms with E-state index in [4.69, 9.17) is 0 Å². The molecule has 2 aromatic rings. The summed E-state index contributed by atoms with van der Waals surface area (Å²) in [6.07, 6.45) is 6.78. The van der Waals surface area contributed by atoms with Gasteiger partial charge in [-0.1, -0.05) is 24.3 Å². The van der Waals surface area contributed by atoms with Gasteiger partial charge < -0.3 is 15.1 Å². The predicted octanol–water partition coefficient (Wildman–Crippen LogP) is 4.48. The zero-order valence-electron chi connectivity index (χ0n) is 16.7. The molecule has 0 unspecified atom stereocenters. The van der Waals surface area contributed by atoms with Crippen LogP contribution < -0.4 is 15.1 Å².